The van der Waals surface area contributed by atoms with Crippen LogP contribution in [-0.2, 0) is 13.0 Å². The highest BCUT2D eigenvalue weighted by Gasteiger charge is 2.26. The summed E-state index contributed by atoms with van der Waals surface area (Å²) in [6, 6.07) is 18.3. The maximum absolute atomic E-state index is 2.45. The average Bonchev–Trinajstić information content (AvgIpc) is 2.69. The lowest BCUT2D eigenvalue weighted by atomic mass is 9.98. The van der Waals surface area contributed by atoms with Crippen LogP contribution in [0.5, 0.6) is 0 Å². The molecule has 1 aliphatic rings. The van der Waals surface area contributed by atoms with Gasteiger partial charge in [-0.1, -0.05) is 54.1 Å². The van der Waals surface area contributed by atoms with E-state index >= 15 is 0 Å². The molecule has 0 aliphatic carbocycles. The second-order valence-electron chi connectivity index (χ2n) is 5.32. The van der Waals surface area contributed by atoms with Crippen LogP contribution in [0.3, 0.4) is 0 Å². The molecule has 0 amide bonds. The summed E-state index contributed by atoms with van der Waals surface area (Å²) in [5, 5.41) is 0. The Labute approximate surface area is 109 Å². The number of benzene rings is 2. The Morgan fingerprint density at radius 2 is 1.78 bits per heavy atom. The van der Waals surface area contributed by atoms with E-state index in [9.17, 15) is 0 Å². The molecule has 1 aliphatic heterocycles. The molecule has 0 saturated carbocycles. The first kappa shape index (κ1) is 11.5. The van der Waals surface area contributed by atoms with Crippen molar-refractivity contribution in [1.29, 1.82) is 0 Å². The fourth-order valence-corrected chi connectivity index (χ4v) is 2.83. The van der Waals surface area contributed by atoms with Gasteiger partial charge in [0.2, 0.25) is 0 Å². The van der Waals surface area contributed by atoms with E-state index in [1.165, 1.54) is 22.3 Å². The molecule has 1 nitrogen and oxygen atoms in total. The lowest BCUT2D eigenvalue weighted by molar-refractivity contribution is 0.267. The highest BCUT2D eigenvalue weighted by molar-refractivity contribution is 5.35. The number of rotatable bonds is 2. The fourth-order valence-electron chi connectivity index (χ4n) is 2.83. The zero-order valence-electron chi connectivity index (χ0n) is 11.1. The number of aryl methyl sites for hydroxylation is 1. The molecule has 1 unspecified atom stereocenters. The van der Waals surface area contributed by atoms with Crippen LogP contribution in [-0.4, -0.2) is 11.9 Å². The van der Waals surface area contributed by atoms with Gasteiger partial charge >= 0.3 is 0 Å². The Morgan fingerprint density at radius 3 is 2.56 bits per heavy atom. The van der Waals surface area contributed by atoms with E-state index in [0.29, 0.717) is 6.04 Å². The molecule has 92 valence electrons. The molecule has 0 bridgehead atoms. The van der Waals surface area contributed by atoms with Gasteiger partial charge in [0.15, 0.2) is 0 Å². The monoisotopic (exact) mass is 237 g/mol. The summed E-state index contributed by atoms with van der Waals surface area (Å²) >= 11 is 0. The van der Waals surface area contributed by atoms with Gasteiger partial charge < -0.3 is 0 Å². The molecule has 0 fully saturated rings. The van der Waals surface area contributed by atoms with Gasteiger partial charge in [-0.25, -0.2) is 0 Å². The summed E-state index contributed by atoms with van der Waals surface area (Å²) in [4.78, 5) is 2.45. The zero-order valence-corrected chi connectivity index (χ0v) is 11.1. The van der Waals surface area contributed by atoms with E-state index in [2.05, 4.69) is 67.4 Å². The highest BCUT2D eigenvalue weighted by atomic mass is 15.1. The average molecular weight is 237 g/mol. The van der Waals surface area contributed by atoms with Crippen molar-refractivity contribution < 1.29 is 0 Å². The molecule has 0 radical (unpaired) electrons. The van der Waals surface area contributed by atoms with Crippen molar-refractivity contribution in [1.82, 2.24) is 4.90 Å². The number of fused-ring (bicyclic) bond motifs is 1. The minimum atomic E-state index is 0.531. The Hall–Kier alpha value is -1.60. The van der Waals surface area contributed by atoms with Gasteiger partial charge in [-0.15, -0.1) is 0 Å². The van der Waals surface area contributed by atoms with Crippen LogP contribution in [0.4, 0.5) is 0 Å². The molecular formula is C17H19N. The van der Waals surface area contributed by atoms with Gasteiger partial charge in [-0.2, -0.15) is 0 Å². The Morgan fingerprint density at radius 1 is 1.06 bits per heavy atom. The van der Waals surface area contributed by atoms with Crippen LogP contribution in [0.15, 0.2) is 48.5 Å². The van der Waals surface area contributed by atoms with Crippen LogP contribution in [0.25, 0.3) is 0 Å². The summed E-state index contributed by atoms with van der Waals surface area (Å²) in [7, 11) is 2.22. The predicted octanol–water partition coefficient (Wildman–Crippen LogP) is 3.72. The first-order valence-corrected chi connectivity index (χ1v) is 6.57. The van der Waals surface area contributed by atoms with E-state index in [-0.39, 0.29) is 0 Å². The summed E-state index contributed by atoms with van der Waals surface area (Å²) in [5.74, 6) is 0. The van der Waals surface area contributed by atoms with Gasteiger partial charge in [-0.05, 0) is 37.1 Å². The lowest BCUT2D eigenvalue weighted by Gasteiger charge is -2.20. The van der Waals surface area contributed by atoms with Crippen LogP contribution < -0.4 is 0 Å². The molecule has 1 heterocycles. The number of likely N-dealkylation sites (N-methyl/N-ethyl adjacent to an activating group) is 1. The third kappa shape index (κ3) is 2.06. The third-order valence-electron chi connectivity index (χ3n) is 3.92. The fraction of sp³-hybridized carbons (Fsp3) is 0.294. The molecule has 0 saturated heterocycles. The van der Waals surface area contributed by atoms with Crippen LogP contribution in [0.1, 0.15) is 28.3 Å². The first-order chi connectivity index (χ1) is 8.74. The second-order valence-corrected chi connectivity index (χ2v) is 5.32. The molecule has 2 aromatic rings. The normalized spacial score (nSPS) is 18.9. The van der Waals surface area contributed by atoms with E-state index < -0.39 is 0 Å². The molecule has 18 heavy (non-hydrogen) atoms. The molecule has 1 atom stereocenters. The quantitative estimate of drug-likeness (QED) is 0.769. The zero-order chi connectivity index (χ0) is 12.5. The Balaban J connectivity index is 1.87. The summed E-state index contributed by atoms with van der Waals surface area (Å²) in [5.41, 5.74) is 5.74. The molecule has 1 heteroatoms. The maximum Gasteiger partial charge on any atom is 0.0392 e. The summed E-state index contributed by atoms with van der Waals surface area (Å²) in [6.45, 7) is 3.22. The smallest absolute Gasteiger partial charge is 0.0392 e. The molecule has 0 N–H and O–H groups in total. The van der Waals surface area contributed by atoms with Crippen molar-refractivity contribution in [3.8, 4) is 0 Å². The van der Waals surface area contributed by atoms with Crippen LogP contribution >= 0.6 is 0 Å². The van der Waals surface area contributed by atoms with Crippen molar-refractivity contribution in [2.24, 2.45) is 0 Å². The van der Waals surface area contributed by atoms with Crippen molar-refractivity contribution in [2.45, 2.75) is 25.9 Å². The first-order valence-electron chi connectivity index (χ1n) is 6.57. The van der Waals surface area contributed by atoms with Crippen molar-refractivity contribution in [3.05, 3.63) is 70.8 Å². The van der Waals surface area contributed by atoms with Crippen LogP contribution in [0, 0.1) is 6.92 Å². The van der Waals surface area contributed by atoms with E-state index in [1.807, 2.05) is 0 Å². The Bertz CT molecular complexity index is 542. The standard InChI is InChI=1S/C17H19N/c1-13-7-9-14(10-8-13)11-17-16-6-4-3-5-15(16)12-18(17)2/h3-10,17H,11-12H2,1-2H3. The van der Waals surface area contributed by atoms with Gasteiger partial charge in [-0.3, -0.25) is 4.90 Å². The molecular weight excluding hydrogens is 218 g/mol. The van der Waals surface area contributed by atoms with Gasteiger partial charge in [0, 0.05) is 12.6 Å². The minimum Gasteiger partial charge on any atom is -0.295 e. The Kier molecular flexibility index (Phi) is 2.92. The van der Waals surface area contributed by atoms with Gasteiger partial charge in [0.05, 0.1) is 0 Å². The maximum atomic E-state index is 2.45. The second kappa shape index (κ2) is 4.58. The summed E-state index contributed by atoms with van der Waals surface area (Å²) < 4.78 is 0. The van der Waals surface area contributed by atoms with Crippen LogP contribution in [0.2, 0.25) is 0 Å². The number of hydrogen-bond donors (Lipinski definition) is 0. The van der Waals surface area contributed by atoms with Crippen molar-refractivity contribution >= 4 is 0 Å². The topological polar surface area (TPSA) is 3.24 Å². The minimum absolute atomic E-state index is 0.531. The van der Waals surface area contributed by atoms with Crippen molar-refractivity contribution in [2.75, 3.05) is 7.05 Å². The van der Waals surface area contributed by atoms with Crippen molar-refractivity contribution in [3.63, 3.8) is 0 Å². The number of hydrogen-bond acceptors (Lipinski definition) is 1. The van der Waals surface area contributed by atoms with E-state index in [0.717, 1.165) is 13.0 Å². The lowest BCUT2D eigenvalue weighted by Crippen LogP contribution is -2.18. The highest BCUT2D eigenvalue weighted by Crippen LogP contribution is 2.34. The SMILES string of the molecule is Cc1ccc(CC2c3ccccc3CN2C)cc1. The molecule has 3 rings (SSSR count). The molecule has 2 aromatic carbocycles. The largest absolute Gasteiger partial charge is 0.295 e. The molecule has 0 aromatic heterocycles. The summed E-state index contributed by atoms with van der Waals surface area (Å²) in [6.07, 6.45) is 1.10. The predicted molar refractivity (Wildman–Crippen MR) is 75.5 cm³/mol. The van der Waals surface area contributed by atoms with E-state index in [4.69, 9.17) is 0 Å². The third-order valence-corrected chi connectivity index (χ3v) is 3.92. The van der Waals surface area contributed by atoms with E-state index in [1.54, 1.807) is 0 Å². The number of nitrogens with zero attached hydrogens (tertiary/aromatic N) is 1. The van der Waals surface area contributed by atoms with Gasteiger partial charge in [0.25, 0.3) is 0 Å². The molecule has 0 spiro atoms. The van der Waals surface area contributed by atoms with Gasteiger partial charge in [0.1, 0.15) is 0 Å².